The Kier molecular flexibility index (Phi) is 4.90. The van der Waals surface area contributed by atoms with Gasteiger partial charge in [0.05, 0.1) is 17.5 Å². The van der Waals surface area contributed by atoms with E-state index in [0.29, 0.717) is 10.9 Å². The Balaban J connectivity index is 1.95. The molecule has 0 aliphatic carbocycles. The maximum Gasteiger partial charge on any atom is 0.246 e. The molecule has 4 nitrogen and oxygen atoms in total. The van der Waals surface area contributed by atoms with Crippen LogP contribution in [-0.2, 0) is 10.0 Å². The molecule has 23 heavy (non-hydrogen) atoms. The summed E-state index contributed by atoms with van der Waals surface area (Å²) in [7, 11) is -2.06. The minimum Gasteiger partial charge on any atom is -0.497 e. The molecule has 0 bridgehead atoms. The van der Waals surface area contributed by atoms with E-state index < -0.39 is 10.0 Å². The van der Waals surface area contributed by atoms with Gasteiger partial charge in [0.25, 0.3) is 0 Å². The van der Waals surface area contributed by atoms with Gasteiger partial charge in [0.2, 0.25) is 10.0 Å². The first-order chi connectivity index (χ1) is 10.9. The molecule has 8 heteroatoms. The smallest absolute Gasteiger partial charge is 0.246 e. The topological polar surface area (TPSA) is 46.6 Å². The van der Waals surface area contributed by atoms with Gasteiger partial charge in [-0.3, -0.25) is 0 Å². The molecule has 0 amide bonds. The van der Waals surface area contributed by atoms with Gasteiger partial charge >= 0.3 is 0 Å². The fourth-order valence-electron chi connectivity index (χ4n) is 2.81. The molecule has 1 aromatic heterocycles. The number of hydrogen-bond donors (Lipinski definition) is 0. The third kappa shape index (κ3) is 3.23. The lowest BCUT2D eigenvalue weighted by Gasteiger charge is -2.24. The first-order valence-electron chi connectivity index (χ1n) is 7.04. The Labute approximate surface area is 149 Å². The van der Waals surface area contributed by atoms with Gasteiger partial charge in [0.15, 0.2) is 0 Å². The standard InChI is InChI=1S/C15H15Cl2NO3S2/c1-21-11-6-4-10(5-7-11)12-3-2-8-18(12)23(19,20)13-9-14(16)22-15(13)17/h4-7,9,12H,2-3,8H2,1H3. The number of thiophene rings is 1. The molecule has 1 fully saturated rings. The zero-order valence-electron chi connectivity index (χ0n) is 12.3. The molecule has 1 aromatic carbocycles. The number of methoxy groups -OCH3 is 1. The van der Waals surface area contributed by atoms with Crippen molar-refractivity contribution < 1.29 is 13.2 Å². The molecule has 1 unspecified atom stereocenters. The van der Waals surface area contributed by atoms with Gasteiger partial charge in [-0.25, -0.2) is 8.42 Å². The van der Waals surface area contributed by atoms with Crippen LogP contribution < -0.4 is 4.74 Å². The fraction of sp³-hybridized carbons (Fsp3) is 0.333. The average Bonchev–Trinajstić information content (AvgIpc) is 3.14. The normalized spacial score (nSPS) is 19.2. The molecule has 1 aliphatic rings. The molecule has 0 spiro atoms. The molecule has 1 aliphatic heterocycles. The molecule has 0 saturated carbocycles. The summed E-state index contributed by atoms with van der Waals surface area (Å²) in [5, 5.41) is 0. The SMILES string of the molecule is COc1ccc(C2CCCN2S(=O)(=O)c2cc(Cl)sc2Cl)cc1. The van der Waals surface area contributed by atoms with Crippen LogP contribution in [0.1, 0.15) is 24.4 Å². The lowest BCUT2D eigenvalue weighted by atomic mass is 10.1. The van der Waals surface area contributed by atoms with Crippen LogP contribution in [0.4, 0.5) is 0 Å². The average molecular weight is 392 g/mol. The van der Waals surface area contributed by atoms with Crippen LogP contribution >= 0.6 is 34.5 Å². The second-order valence-corrected chi connectivity index (χ2v) is 9.38. The lowest BCUT2D eigenvalue weighted by molar-refractivity contribution is 0.394. The highest BCUT2D eigenvalue weighted by atomic mass is 35.5. The summed E-state index contributed by atoms with van der Waals surface area (Å²) in [5.41, 5.74) is 0.948. The molecule has 0 N–H and O–H groups in total. The Bertz CT molecular complexity index is 803. The fourth-order valence-corrected chi connectivity index (χ4v) is 6.61. The van der Waals surface area contributed by atoms with E-state index in [4.69, 9.17) is 27.9 Å². The second kappa shape index (κ2) is 6.61. The van der Waals surface area contributed by atoms with Gasteiger partial charge in [-0.2, -0.15) is 4.31 Å². The van der Waals surface area contributed by atoms with Crippen molar-refractivity contribution in [1.29, 1.82) is 0 Å². The van der Waals surface area contributed by atoms with Crippen molar-refractivity contribution >= 4 is 44.6 Å². The largest absolute Gasteiger partial charge is 0.497 e. The molecule has 1 atom stereocenters. The molecular weight excluding hydrogens is 377 g/mol. The second-order valence-electron chi connectivity index (χ2n) is 5.24. The van der Waals surface area contributed by atoms with Crippen molar-refractivity contribution in [2.24, 2.45) is 0 Å². The summed E-state index contributed by atoms with van der Waals surface area (Å²) in [4.78, 5) is 0.0922. The minimum absolute atomic E-state index is 0.0922. The van der Waals surface area contributed by atoms with Crippen LogP contribution in [0.2, 0.25) is 8.67 Å². The third-order valence-electron chi connectivity index (χ3n) is 3.92. The third-order valence-corrected chi connectivity index (χ3v) is 7.58. The van der Waals surface area contributed by atoms with E-state index in [2.05, 4.69) is 0 Å². The molecule has 1 saturated heterocycles. The Morgan fingerprint density at radius 1 is 1.26 bits per heavy atom. The summed E-state index contributed by atoms with van der Waals surface area (Å²) in [6, 6.07) is 8.72. The maximum atomic E-state index is 12.9. The maximum absolute atomic E-state index is 12.9. The highest BCUT2D eigenvalue weighted by molar-refractivity contribution is 7.89. The monoisotopic (exact) mass is 391 g/mol. The Morgan fingerprint density at radius 3 is 2.52 bits per heavy atom. The first kappa shape index (κ1) is 17.0. The van der Waals surface area contributed by atoms with Crippen LogP contribution in [0.15, 0.2) is 35.2 Å². The van der Waals surface area contributed by atoms with Crippen LogP contribution in [0.25, 0.3) is 0 Å². The zero-order chi connectivity index (χ0) is 16.6. The van der Waals surface area contributed by atoms with E-state index in [1.807, 2.05) is 24.3 Å². The van der Waals surface area contributed by atoms with Crippen LogP contribution in [-0.4, -0.2) is 26.4 Å². The van der Waals surface area contributed by atoms with Crippen LogP contribution in [0.3, 0.4) is 0 Å². The first-order valence-corrected chi connectivity index (χ1v) is 10.1. The van der Waals surface area contributed by atoms with E-state index in [-0.39, 0.29) is 15.3 Å². The van der Waals surface area contributed by atoms with E-state index >= 15 is 0 Å². The number of nitrogens with zero attached hydrogens (tertiary/aromatic N) is 1. The number of hydrogen-bond acceptors (Lipinski definition) is 4. The highest BCUT2D eigenvalue weighted by Crippen LogP contribution is 2.41. The lowest BCUT2D eigenvalue weighted by Crippen LogP contribution is -2.30. The van der Waals surface area contributed by atoms with Crippen molar-refractivity contribution in [3.05, 3.63) is 44.6 Å². The van der Waals surface area contributed by atoms with Gasteiger partial charge < -0.3 is 4.74 Å². The highest BCUT2D eigenvalue weighted by Gasteiger charge is 2.37. The molecule has 2 aromatic rings. The minimum atomic E-state index is -3.67. The van der Waals surface area contributed by atoms with Gasteiger partial charge in [-0.1, -0.05) is 35.3 Å². The van der Waals surface area contributed by atoms with Crippen molar-refractivity contribution in [2.75, 3.05) is 13.7 Å². The summed E-state index contributed by atoms with van der Waals surface area (Å²) in [6.07, 6.45) is 1.59. The number of rotatable bonds is 4. The predicted octanol–water partition coefficient (Wildman–Crippen LogP) is 4.59. The summed E-state index contributed by atoms with van der Waals surface area (Å²) in [6.45, 7) is 0.475. The molecular formula is C15H15Cl2NO3S2. The van der Waals surface area contributed by atoms with E-state index in [0.717, 1.165) is 35.5 Å². The Morgan fingerprint density at radius 2 is 1.96 bits per heavy atom. The Hall–Kier alpha value is -0.790. The van der Waals surface area contributed by atoms with Gasteiger partial charge in [-0.15, -0.1) is 11.3 Å². The molecule has 0 radical (unpaired) electrons. The molecule has 2 heterocycles. The van der Waals surface area contributed by atoms with Crippen LogP contribution in [0, 0.1) is 0 Å². The van der Waals surface area contributed by atoms with Crippen LogP contribution in [0.5, 0.6) is 5.75 Å². The summed E-state index contributed by atoms with van der Waals surface area (Å²) < 4.78 is 33.1. The van der Waals surface area contributed by atoms with Crippen molar-refractivity contribution in [3.8, 4) is 5.75 Å². The van der Waals surface area contributed by atoms with Crippen molar-refractivity contribution in [3.63, 3.8) is 0 Å². The van der Waals surface area contributed by atoms with Crippen molar-refractivity contribution in [1.82, 2.24) is 4.31 Å². The predicted molar refractivity (Wildman–Crippen MR) is 93.2 cm³/mol. The molecule has 124 valence electrons. The quantitative estimate of drug-likeness (QED) is 0.765. The number of ether oxygens (including phenoxy) is 1. The van der Waals surface area contributed by atoms with Crippen molar-refractivity contribution in [2.45, 2.75) is 23.8 Å². The van der Waals surface area contributed by atoms with E-state index in [1.165, 1.54) is 10.4 Å². The van der Waals surface area contributed by atoms with E-state index in [9.17, 15) is 8.42 Å². The molecule has 3 rings (SSSR count). The van der Waals surface area contributed by atoms with E-state index in [1.54, 1.807) is 7.11 Å². The number of halogens is 2. The van der Waals surface area contributed by atoms with Gasteiger partial charge in [-0.05, 0) is 36.6 Å². The number of sulfonamides is 1. The number of benzene rings is 1. The van der Waals surface area contributed by atoms with Gasteiger partial charge in [0, 0.05) is 6.54 Å². The summed E-state index contributed by atoms with van der Waals surface area (Å²) in [5.74, 6) is 0.744. The summed E-state index contributed by atoms with van der Waals surface area (Å²) >= 11 is 13.0. The van der Waals surface area contributed by atoms with Gasteiger partial charge in [0.1, 0.15) is 15.0 Å². The zero-order valence-corrected chi connectivity index (χ0v) is 15.5.